The van der Waals surface area contributed by atoms with Crippen LogP contribution in [0.25, 0.3) is 0 Å². The minimum absolute atomic E-state index is 0.162. The normalized spacial score (nSPS) is 13.7. The van der Waals surface area contributed by atoms with E-state index in [0.717, 1.165) is 10.4 Å². The highest BCUT2D eigenvalue weighted by atomic mass is 32.2. The highest BCUT2D eigenvalue weighted by Gasteiger charge is 2.27. The van der Waals surface area contributed by atoms with Gasteiger partial charge in [-0.1, -0.05) is 24.3 Å². The summed E-state index contributed by atoms with van der Waals surface area (Å²) in [5.74, 6) is 0. The van der Waals surface area contributed by atoms with E-state index in [9.17, 15) is 8.42 Å². The first kappa shape index (κ1) is 14.2. The second-order valence-electron chi connectivity index (χ2n) is 4.48. The molecule has 2 aromatic rings. The summed E-state index contributed by atoms with van der Waals surface area (Å²) >= 11 is 1.57. The molecule has 0 aliphatic rings. The third-order valence-electron chi connectivity index (χ3n) is 3.25. The Morgan fingerprint density at radius 3 is 2.42 bits per heavy atom. The van der Waals surface area contributed by atoms with Crippen LogP contribution in [-0.2, 0) is 10.0 Å². The second-order valence-corrected chi connectivity index (χ2v) is 7.42. The van der Waals surface area contributed by atoms with E-state index in [0.29, 0.717) is 4.90 Å². The number of aryl methyl sites for hydroxylation is 1. The van der Waals surface area contributed by atoms with Crippen molar-refractivity contribution in [2.75, 3.05) is 7.05 Å². The Morgan fingerprint density at radius 1 is 1.16 bits per heavy atom. The zero-order chi connectivity index (χ0) is 14.0. The minimum atomic E-state index is -3.45. The summed E-state index contributed by atoms with van der Waals surface area (Å²) in [4.78, 5) is 1.42. The van der Waals surface area contributed by atoms with Crippen LogP contribution in [0.4, 0.5) is 0 Å². The fourth-order valence-electron chi connectivity index (χ4n) is 1.92. The zero-order valence-electron chi connectivity index (χ0n) is 11.2. The molecule has 0 amide bonds. The lowest BCUT2D eigenvalue weighted by Crippen LogP contribution is -2.29. The van der Waals surface area contributed by atoms with Crippen molar-refractivity contribution < 1.29 is 8.42 Å². The molecule has 1 heterocycles. The van der Waals surface area contributed by atoms with E-state index in [2.05, 4.69) is 0 Å². The van der Waals surface area contributed by atoms with Crippen molar-refractivity contribution in [2.24, 2.45) is 0 Å². The zero-order valence-corrected chi connectivity index (χ0v) is 12.8. The molecule has 3 nitrogen and oxygen atoms in total. The summed E-state index contributed by atoms with van der Waals surface area (Å²) in [6.07, 6.45) is 0. The third-order valence-corrected chi connectivity index (χ3v) is 6.38. The SMILES string of the molecule is Cc1ccccc1S(=O)(=O)N(C)C(C)c1cccs1. The van der Waals surface area contributed by atoms with Gasteiger partial charge in [0.1, 0.15) is 0 Å². The van der Waals surface area contributed by atoms with Crippen LogP contribution in [0.15, 0.2) is 46.7 Å². The van der Waals surface area contributed by atoms with Gasteiger partial charge in [-0.3, -0.25) is 0 Å². The summed E-state index contributed by atoms with van der Waals surface area (Å²) in [6.45, 7) is 3.72. The van der Waals surface area contributed by atoms with Gasteiger partial charge < -0.3 is 0 Å². The van der Waals surface area contributed by atoms with Crippen molar-refractivity contribution in [3.8, 4) is 0 Å². The van der Waals surface area contributed by atoms with Crippen molar-refractivity contribution in [3.05, 3.63) is 52.2 Å². The molecule has 0 N–H and O–H groups in total. The lowest BCUT2D eigenvalue weighted by atomic mass is 10.2. The Hall–Kier alpha value is -1.17. The molecule has 0 saturated heterocycles. The van der Waals surface area contributed by atoms with Gasteiger partial charge in [0.25, 0.3) is 0 Å². The van der Waals surface area contributed by atoms with Crippen molar-refractivity contribution in [1.29, 1.82) is 0 Å². The average Bonchev–Trinajstić information content (AvgIpc) is 2.91. The molecule has 0 radical (unpaired) electrons. The first-order chi connectivity index (χ1) is 8.94. The van der Waals surface area contributed by atoms with Gasteiger partial charge in [0.05, 0.1) is 10.9 Å². The van der Waals surface area contributed by atoms with E-state index >= 15 is 0 Å². The van der Waals surface area contributed by atoms with Crippen LogP contribution in [0, 0.1) is 6.92 Å². The van der Waals surface area contributed by atoms with Crippen LogP contribution < -0.4 is 0 Å². The number of thiophene rings is 1. The molecule has 1 unspecified atom stereocenters. The Balaban J connectivity index is 2.38. The minimum Gasteiger partial charge on any atom is -0.207 e. The highest BCUT2D eigenvalue weighted by molar-refractivity contribution is 7.89. The first-order valence-electron chi connectivity index (χ1n) is 6.01. The van der Waals surface area contributed by atoms with Gasteiger partial charge in [-0.25, -0.2) is 8.42 Å². The largest absolute Gasteiger partial charge is 0.243 e. The number of benzene rings is 1. The summed E-state index contributed by atoms with van der Waals surface area (Å²) in [5, 5.41) is 1.96. The van der Waals surface area contributed by atoms with E-state index in [-0.39, 0.29) is 6.04 Å². The molecule has 1 aromatic carbocycles. The number of hydrogen-bond acceptors (Lipinski definition) is 3. The summed E-state index contributed by atoms with van der Waals surface area (Å²) in [7, 11) is -1.82. The van der Waals surface area contributed by atoms with Crippen LogP contribution in [0.1, 0.15) is 23.4 Å². The summed E-state index contributed by atoms with van der Waals surface area (Å²) in [6, 6.07) is 10.8. The van der Waals surface area contributed by atoms with Crippen LogP contribution in [0.3, 0.4) is 0 Å². The molecule has 5 heteroatoms. The molecule has 0 bridgehead atoms. The average molecular weight is 295 g/mol. The quantitative estimate of drug-likeness (QED) is 0.866. The monoisotopic (exact) mass is 295 g/mol. The lowest BCUT2D eigenvalue weighted by Gasteiger charge is -2.24. The lowest BCUT2D eigenvalue weighted by molar-refractivity contribution is 0.402. The number of hydrogen-bond donors (Lipinski definition) is 0. The third kappa shape index (κ3) is 2.73. The molecule has 0 saturated carbocycles. The Kier molecular flexibility index (Phi) is 4.08. The number of nitrogens with zero attached hydrogens (tertiary/aromatic N) is 1. The van der Waals surface area contributed by atoms with E-state index in [1.54, 1.807) is 30.5 Å². The molecule has 1 aromatic heterocycles. The molecule has 0 spiro atoms. The fourth-order valence-corrected chi connectivity index (χ4v) is 4.38. The molecule has 102 valence electrons. The van der Waals surface area contributed by atoms with Gasteiger partial charge in [0.2, 0.25) is 10.0 Å². The summed E-state index contributed by atoms with van der Waals surface area (Å²) in [5.41, 5.74) is 0.771. The van der Waals surface area contributed by atoms with Crippen LogP contribution in [0.2, 0.25) is 0 Å². The standard InChI is InChI=1S/C14H17NO2S2/c1-11-7-4-5-9-14(11)19(16,17)15(3)12(2)13-8-6-10-18-13/h4-10,12H,1-3H3. The van der Waals surface area contributed by atoms with Gasteiger partial charge in [-0.15, -0.1) is 11.3 Å². The predicted octanol–water partition coefficient (Wildman–Crippen LogP) is 3.44. The predicted molar refractivity (Wildman–Crippen MR) is 78.9 cm³/mol. The summed E-state index contributed by atoms with van der Waals surface area (Å²) < 4.78 is 26.7. The Morgan fingerprint density at radius 2 is 1.84 bits per heavy atom. The van der Waals surface area contributed by atoms with E-state index in [1.165, 1.54) is 4.31 Å². The highest BCUT2D eigenvalue weighted by Crippen LogP contribution is 2.29. The van der Waals surface area contributed by atoms with Crippen LogP contribution >= 0.6 is 11.3 Å². The number of rotatable bonds is 4. The molecule has 0 aliphatic carbocycles. The maximum Gasteiger partial charge on any atom is 0.243 e. The van der Waals surface area contributed by atoms with E-state index in [1.807, 2.05) is 43.5 Å². The van der Waals surface area contributed by atoms with Crippen molar-refractivity contribution in [3.63, 3.8) is 0 Å². The number of sulfonamides is 1. The fraction of sp³-hybridized carbons (Fsp3) is 0.286. The van der Waals surface area contributed by atoms with Crippen molar-refractivity contribution in [1.82, 2.24) is 4.31 Å². The molecular formula is C14H17NO2S2. The van der Waals surface area contributed by atoms with Crippen LogP contribution in [0.5, 0.6) is 0 Å². The Bertz CT molecular complexity index is 648. The van der Waals surface area contributed by atoms with Gasteiger partial charge in [-0.05, 0) is 36.9 Å². The smallest absolute Gasteiger partial charge is 0.207 e. The van der Waals surface area contributed by atoms with E-state index in [4.69, 9.17) is 0 Å². The maximum atomic E-state index is 12.6. The van der Waals surface area contributed by atoms with Gasteiger partial charge in [0, 0.05) is 11.9 Å². The molecule has 2 rings (SSSR count). The van der Waals surface area contributed by atoms with Gasteiger partial charge >= 0.3 is 0 Å². The van der Waals surface area contributed by atoms with E-state index < -0.39 is 10.0 Å². The van der Waals surface area contributed by atoms with Gasteiger partial charge in [-0.2, -0.15) is 4.31 Å². The van der Waals surface area contributed by atoms with Crippen molar-refractivity contribution in [2.45, 2.75) is 24.8 Å². The first-order valence-corrected chi connectivity index (χ1v) is 8.33. The Labute approximate surface area is 118 Å². The maximum absolute atomic E-state index is 12.6. The molecule has 0 aliphatic heterocycles. The van der Waals surface area contributed by atoms with Crippen LogP contribution in [-0.4, -0.2) is 19.8 Å². The molecule has 19 heavy (non-hydrogen) atoms. The van der Waals surface area contributed by atoms with Gasteiger partial charge in [0.15, 0.2) is 0 Å². The van der Waals surface area contributed by atoms with Crippen molar-refractivity contribution >= 4 is 21.4 Å². The second kappa shape index (κ2) is 5.45. The topological polar surface area (TPSA) is 37.4 Å². The molecule has 1 atom stereocenters. The molecule has 0 fully saturated rings. The molecular weight excluding hydrogens is 278 g/mol.